The van der Waals surface area contributed by atoms with E-state index in [-0.39, 0.29) is 18.2 Å². The maximum Gasteiger partial charge on any atom is 0.435 e. The molecule has 7 nitrogen and oxygen atoms in total. The van der Waals surface area contributed by atoms with Crippen LogP contribution in [0.5, 0.6) is 5.75 Å². The first kappa shape index (κ1) is 22.9. The fourth-order valence-corrected chi connectivity index (χ4v) is 3.93. The minimum atomic E-state index is -4.50. The molecule has 2 aromatic rings. The van der Waals surface area contributed by atoms with Crippen molar-refractivity contribution in [2.24, 2.45) is 12.0 Å². The zero-order valence-electron chi connectivity index (χ0n) is 18.0. The number of rotatable bonds is 7. The Morgan fingerprint density at radius 1 is 1.23 bits per heavy atom. The minimum absolute atomic E-state index is 0.0363. The van der Waals surface area contributed by atoms with Gasteiger partial charge in [0.15, 0.2) is 11.7 Å². The average molecular weight is 438 g/mol. The van der Waals surface area contributed by atoms with Crippen molar-refractivity contribution in [3.8, 4) is 5.75 Å². The second-order valence-corrected chi connectivity index (χ2v) is 7.48. The number of hydrogen-bond acceptors (Lipinski definition) is 4. The summed E-state index contributed by atoms with van der Waals surface area (Å²) in [4.78, 5) is 6.56. The Hall–Kier alpha value is -2.75. The number of nitrogens with zero attached hydrogens (tertiary/aromatic N) is 4. The van der Waals surface area contributed by atoms with Crippen LogP contribution >= 0.6 is 0 Å². The smallest absolute Gasteiger partial charge is 0.435 e. The van der Waals surface area contributed by atoms with Gasteiger partial charge in [0, 0.05) is 44.5 Å². The highest BCUT2D eigenvalue weighted by Crippen LogP contribution is 2.32. The summed E-state index contributed by atoms with van der Waals surface area (Å²) < 4.78 is 46.3. The molecule has 0 bridgehead atoms. The van der Waals surface area contributed by atoms with Crippen LogP contribution in [0.4, 0.5) is 13.2 Å². The molecule has 0 radical (unpaired) electrons. The number of aromatic nitrogens is 2. The quantitative estimate of drug-likeness (QED) is 0.514. The molecule has 3 rings (SSSR count). The van der Waals surface area contributed by atoms with Gasteiger partial charge in [0.1, 0.15) is 5.75 Å². The number of halogens is 3. The summed E-state index contributed by atoms with van der Waals surface area (Å²) in [7, 11) is 4.72. The molecule has 10 heteroatoms. The fraction of sp³-hybridized carbons (Fsp3) is 0.524. The normalized spacial score (nSPS) is 16.4. The lowest BCUT2D eigenvalue weighted by molar-refractivity contribution is -0.142. The number of benzene rings is 1. The highest BCUT2D eigenvalue weighted by Gasteiger charge is 2.36. The number of aliphatic imine (C=N–C) groups is 1. The van der Waals surface area contributed by atoms with E-state index in [9.17, 15) is 13.2 Å². The van der Waals surface area contributed by atoms with Crippen LogP contribution in [0.3, 0.4) is 0 Å². The van der Waals surface area contributed by atoms with Crippen LogP contribution in [0.15, 0.2) is 35.5 Å². The Morgan fingerprint density at radius 2 is 1.94 bits per heavy atom. The molecule has 1 aliphatic heterocycles. The molecule has 2 N–H and O–H groups in total. The molecule has 0 saturated carbocycles. The van der Waals surface area contributed by atoms with Crippen molar-refractivity contribution in [3.63, 3.8) is 0 Å². The van der Waals surface area contributed by atoms with Crippen molar-refractivity contribution >= 4 is 5.96 Å². The van der Waals surface area contributed by atoms with Crippen LogP contribution in [0.2, 0.25) is 0 Å². The number of ether oxygens (including phenoxy) is 1. The van der Waals surface area contributed by atoms with Gasteiger partial charge in [0.05, 0.1) is 13.2 Å². The summed E-state index contributed by atoms with van der Waals surface area (Å²) in [5.74, 6) is 1.24. The first-order chi connectivity index (χ1) is 14.8. The summed E-state index contributed by atoms with van der Waals surface area (Å²) in [6.45, 7) is 2.48. The number of hydrogen-bond donors (Lipinski definition) is 2. The van der Waals surface area contributed by atoms with Gasteiger partial charge in [0.25, 0.3) is 0 Å². The van der Waals surface area contributed by atoms with Gasteiger partial charge in [-0.1, -0.05) is 18.2 Å². The van der Waals surface area contributed by atoms with Crippen molar-refractivity contribution in [1.82, 2.24) is 25.3 Å². The minimum Gasteiger partial charge on any atom is -0.496 e. The lowest BCUT2D eigenvalue weighted by Crippen LogP contribution is -2.42. The SMILES string of the molecule is CN=C(NCc1cn(C)nc1C(F)(F)F)NCC(c1ccccc1OC)N1CCCC1. The molecule has 0 spiro atoms. The molecule has 1 aromatic heterocycles. The molecule has 31 heavy (non-hydrogen) atoms. The monoisotopic (exact) mass is 438 g/mol. The molecule has 0 amide bonds. The van der Waals surface area contributed by atoms with Gasteiger partial charge < -0.3 is 15.4 Å². The van der Waals surface area contributed by atoms with E-state index in [4.69, 9.17) is 4.74 Å². The second kappa shape index (κ2) is 10.0. The second-order valence-electron chi connectivity index (χ2n) is 7.48. The van der Waals surface area contributed by atoms with Crippen molar-refractivity contribution < 1.29 is 17.9 Å². The molecule has 0 aliphatic carbocycles. The van der Waals surface area contributed by atoms with E-state index in [1.54, 1.807) is 14.2 Å². The molecule has 1 aromatic carbocycles. The molecular weight excluding hydrogens is 409 g/mol. The summed E-state index contributed by atoms with van der Waals surface area (Å²) in [5.41, 5.74) is 0.252. The van der Waals surface area contributed by atoms with Crippen molar-refractivity contribution in [1.29, 1.82) is 0 Å². The summed E-state index contributed by atoms with van der Waals surface area (Å²) in [6, 6.07) is 7.96. The molecule has 1 fully saturated rings. The zero-order chi connectivity index (χ0) is 22.4. The van der Waals surface area contributed by atoms with Gasteiger partial charge in [-0.25, -0.2) is 0 Å². The predicted octanol–water partition coefficient (Wildman–Crippen LogP) is 2.95. The maximum absolute atomic E-state index is 13.2. The van der Waals surface area contributed by atoms with Crippen molar-refractivity contribution in [2.45, 2.75) is 31.6 Å². The Balaban J connectivity index is 1.69. The third kappa shape index (κ3) is 5.69. The number of methoxy groups -OCH3 is 1. The largest absolute Gasteiger partial charge is 0.496 e. The number of guanidine groups is 1. The van der Waals surface area contributed by atoms with Crippen molar-refractivity contribution in [2.75, 3.05) is 33.8 Å². The highest BCUT2D eigenvalue weighted by atomic mass is 19.4. The lowest BCUT2D eigenvalue weighted by Gasteiger charge is -2.30. The molecule has 1 saturated heterocycles. The van der Waals surface area contributed by atoms with Crippen LogP contribution in [-0.2, 0) is 19.8 Å². The zero-order valence-corrected chi connectivity index (χ0v) is 18.0. The van der Waals surface area contributed by atoms with Crippen LogP contribution in [-0.4, -0.2) is 54.4 Å². The summed E-state index contributed by atoms with van der Waals surface area (Å²) >= 11 is 0. The van der Waals surface area contributed by atoms with Crippen LogP contribution < -0.4 is 15.4 Å². The fourth-order valence-electron chi connectivity index (χ4n) is 3.93. The van der Waals surface area contributed by atoms with E-state index in [0.717, 1.165) is 37.2 Å². The van der Waals surface area contributed by atoms with Gasteiger partial charge in [-0.2, -0.15) is 18.3 Å². The number of nitrogens with one attached hydrogen (secondary N) is 2. The van der Waals surface area contributed by atoms with Gasteiger partial charge in [0.2, 0.25) is 0 Å². The van der Waals surface area contributed by atoms with Gasteiger partial charge in [-0.3, -0.25) is 14.6 Å². The Labute approximate surface area is 180 Å². The third-order valence-electron chi connectivity index (χ3n) is 5.39. The summed E-state index contributed by atoms with van der Waals surface area (Å²) in [6.07, 6.45) is -0.857. The first-order valence-electron chi connectivity index (χ1n) is 10.2. The number of likely N-dealkylation sites (tertiary alicyclic amines) is 1. The summed E-state index contributed by atoms with van der Waals surface area (Å²) in [5, 5.41) is 9.78. The number of para-hydroxylation sites is 1. The van der Waals surface area contributed by atoms with Crippen molar-refractivity contribution in [3.05, 3.63) is 47.3 Å². The first-order valence-corrected chi connectivity index (χ1v) is 10.2. The third-order valence-corrected chi connectivity index (χ3v) is 5.39. The highest BCUT2D eigenvalue weighted by molar-refractivity contribution is 5.79. The van der Waals surface area contributed by atoms with Gasteiger partial charge in [-0.05, 0) is 32.0 Å². The van der Waals surface area contributed by atoms with Gasteiger partial charge >= 0.3 is 6.18 Å². The molecular formula is C21H29F3N6O. The number of aryl methyl sites for hydroxylation is 1. The average Bonchev–Trinajstić information content (AvgIpc) is 3.40. The Kier molecular flexibility index (Phi) is 7.42. The van der Waals surface area contributed by atoms with E-state index in [0.29, 0.717) is 12.5 Å². The van der Waals surface area contributed by atoms with Crippen LogP contribution in [0.25, 0.3) is 0 Å². The standard InChI is InChI=1S/C21H29F3N6O/c1-25-20(26-12-15-14-29(2)28-19(15)21(22,23)24)27-13-17(30-10-6-7-11-30)16-8-4-5-9-18(16)31-3/h4-5,8-9,14,17H,6-7,10-13H2,1-3H3,(H2,25,26,27). The van der Waals surface area contributed by atoms with Gasteiger partial charge in [-0.15, -0.1) is 0 Å². The molecule has 1 aliphatic rings. The maximum atomic E-state index is 13.2. The molecule has 1 unspecified atom stereocenters. The molecule has 1 atom stereocenters. The Morgan fingerprint density at radius 3 is 2.58 bits per heavy atom. The van der Waals surface area contributed by atoms with E-state index in [1.165, 1.54) is 17.9 Å². The molecule has 170 valence electrons. The van der Waals surface area contributed by atoms with E-state index < -0.39 is 11.9 Å². The topological polar surface area (TPSA) is 66.7 Å². The lowest BCUT2D eigenvalue weighted by atomic mass is 10.0. The predicted molar refractivity (Wildman–Crippen MR) is 113 cm³/mol. The van der Waals surface area contributed by atoms with E-state index in [2.05, 4.69) is 25.6 Å². The van der Waals surface area contributed by atoms with E-state index >= 15 is 0 Å². The Bertz CT molecular complexity index is 889. The van der Waals surface area contributed by atoms with Crippen LogP contribution in [0.1, 0.15) is 35.7 Å². The molecule has 2 heterocycles. The van der Waals surface area contributed by atoms with Crippen LogP contribution in [0, 0.1) is 0 Å². The number of alkyl halides is 3. The van der Waals surface area contributed by atoms with E-state index in [1.807, 2.05) is 24.3 Å².